The Labute approximate surface area is 125 Å². The molecule has 2 aliphatic rings. The number of hydrogen-bond donors (Lipinski definition) is 1. The van der Waals surface area contributed by atoms with Crippen molar-refractivity contribution in [3.8, 4) is 0 Å². The summed E-state index contributed by atoms with van der Waals surface area (Å²) in [6.07, 6.45) is 4.51. The Morgan fingerprint density at radius 3 is 2.57 bits per heavy atom. The van der Waals surface area contributed by atoms with Gasteiger partial charge in [0.15, 0.2) is 0 Å². The van der Waals surface area contributed by atoms with E-state index < -0.39 is 0 Å². The van der Waals surface area contributed by atoms with Crippen molar-refractivity contribution in [2.24, 2.45) is 5.73 Å². The second-order valence-electron chi connectivity index (χ2n) is 6.04. The predicted molar refractivity (Wildman–Crippen MR) is 81.3 cm³/mol. The molecule has 0 radical (unpaired) electrons. The van der Waals surface area contributed by atoms with E-state index in [2.05, 4.69) is 21.8 Å². The molecule has 1 amide bonds. The van der Waals surface area contributed by atoms with E-state index in [-0.39, 0.29) is 12.3 Å². The number of likely N-dealkylation sites (N-methyl/N-ethyl adjacent to an activating group) is 1. The lowest BCUT2D eigenvalue weighted by atomic mass is 9.93. The summed E-state index contributed by atoms with van der Waals surface area (Å²) < 4.78 is 0. The maximum atomic E-state index is 11.3. The Morgan fingerprint density at radius 1 is 1.14 bits per heavy atom. The Bertz CT molecular complexity index is 537. The summed E-state index contributed by atoms with van der Waals surface area (Å²) in [6.45, 7) is 3.91. The van der Waals surface area contributed by atoms with Crippen LogP contribution in [0.25, 0.3) is 0 Å². The highest BCUT2D eigenvalue weighted by Gasteiger charge is 2.22. The molecule has 6 nitrogen and oxygen atoms in total. The second kappa shape index (κ2) is 5.97. The monoisotopic (exact) mass is 289 g/mol. The fourth-order valence-corrected chi connectivity index (χ4v) is 3.12. The Morgan fingerprint density at radius 2 is 1.86 bits per heavy atom. The first kappa shape index (κ1) is 14.3. The number of hydrogen-bond acceptors (Lipinski definition) is 5. The molecule has 0 spiro atoms. The lowest BCUT2D eigenvalue weighted by Crippen LogP contribution is -2.45. The Kier molecular flexibility index (Phi) is 4.05. The number of piperazine rings is 1. The zero-order valence-electron chi connectivity index (χ0n) is 12.6. The van der Waals surface area contributed by atoms with E-state index in [1.54, 1.807) is 0 Å². The fraction of sp³-hybridized carbons (Fsp3) is 0.667. The summed E-state index contributed by atoms with van der Waals surface area (Å²) in [4.78, 5) is 25.3. The molecule has 1 fully saturated rings. The van der Waals surface area contributed by atoms with Crippen LogP contribution in [0.15, 0.2) is 0 Å². The zero-order chi connectivity index (χ0) is 14.8. The minimum absolute atomic E-state index is 0.228. The first-order valence-electron chi connectivity index (χ1n) is 7.74. The number of anilines is 1. The molecule has 3 rings (SSSR count). The average Bonchev–Trinajstić information content (AvgIpc) is 2.47. The van der Waals surface area contributed by atoms with Crippen LogP contribution in [0.2, 0.25) is 0 Å². The molecule has 0 atom stereocenters. The van der Waals surface area contributed by atoms with Gasteiger partial charge in [-0.15, -0.1) is 0 Å². The van der Waals surface area contributed by atoms with Gasteiger partial charge in [-0.2, -0.15) is 0 Å². The maximum absolute atomic E-state index is 11.3. The quantitative estimate of drug-likeness (QED) is 0.856. The molecule has 2 heterocycles. The maximum Gasteiger partial charge on any atom is 0.225 e. The summed E-state index contributed by atoms with van der Waals surface area (Å²) in [6, 6.07) is 0. The second-order valence-corrected chi connectivity index (χ2v) is 6.04. The number of aryl methyl sites for hydroxylation is 1. The number of carbonyl (C=O) groups is 1. The summed E-state index contributed by atoms with van der Waals surface area (Å²) >= 11 is 0. The van der Waals surface area contributed by atoms with E-state index in [0.29, 0.717) is 0 Å². The minimum atomic E-state index is -0.314. The van der Waals surface area contributed by atoms with Gasteiger partial charge < -0.3 is 15.5 Å². The zero-order valence-corrected chi connectivity index (χ0v) is 12.6. The van der Waals surface area contributed by atoms with Crippen LogP contribution in [-0.2, 0) is 24.1 Å². The van der Waals surface area contributed by atoms with E-state index in [4.69, 9.17) is 10.7 Å². The van der Waals surface area contributed by atoms with Crippen molar-refractivity contribution in [2.75, 3.05) is 38.1 Å². The van der Waals surface area contributed by atoms with Gasteiger partial charge in [-0.1, -0.05) is 0 Å². The van der Waals surface area contributed by atoms with Gasteiger partial charge in [0.2, 0.25) is 11.9 Å². The van der Waals surface area contributed by atoms with Gasteiger partial charge >= 0.3 is 0 Å². The molecule has 0 bridgehead atoms. The molecule has 2 N–H and O–H groups in total. The highest BCUT2D eigenvalue weighted by Crippen LogP contribution is 2.25. The van der Waals surface area contributed by atoms with E-state index in [1.165, 1.54) is 6.42 Å². The van der Waals surface area contributed by atoms with E-state index in [0.717, 1.165) is 68.3 Å². The van der Waals surface area contributed by atoms with Crippen molar-refractivity contribution in [2.45, 2.75) is 32.1 Å². The molecule has 114 valence electrons. The van der Waals surface area contributed by atoms with Crippen LogP contribution in [0.4, 0.5) is 5.95 Å². The van der Waals surface area contributed by atoms with Gasteiger partial charge in [0.1, 0.15) is 0 Å². The lowest BCUT2D eigenvalue weighted by molar-refractivity contribution is -0.117. The van der Waals surface area contributed by atoms with Crippen molar-refractivity contribution in [1.82, 2.24) is 14.9 Å². The van der Waals surface area contributed by atoms with E-state index in [9.17, 15) is 4.79 Å². The number of fused-ring (bicyclic) bond motifs is 1. The molecular weight excluding hydrogens is 266 g/mol. The molecule has 1 aromatic heterocycles. The van der Waals surface area contributed by atoms with Gasteiger partial charge in [-0.25, -0.2) is 9.97 Å². The van der Waals surface area contributed by atoms with Gasteiger partial charge in [0.05, 0.1) is 12.1 Å². The largest absolute Gasteiger partial charge is 0.369 e. The summed E-state index contributed by atoms with van der Waals surface area (Å²) in [5, 5.41) is 0. The van der Waals surface area contributed by atoms with Gasteiger partial charge in [-0.3, -0.25) is 4.79 Å². The number of primary amides is 1. The Hall–Kier alpha value is -1.69. The van der Waals surface area contributed by atoms with Crippen LogP contribution in [0.5, 0.6) is 0 Å². The smallest absolute Gasteiger partial charge is 0.225 e. The number of nitrogens with two attached hydrogens (primary N) is 1. The highest BCUT2D eigenvalue weighted by atomic mass is 16.1. The van der Waals surface area contributed by atoms with Crippen LogP contribution in [-0.4, -0.2) is 54.0 Å². The van der Waals surface area contributed by atoms with Gasteiger partial charge in [0, 0.05) is 31.9 Å². The molecule has 1 aliphatic heterocycles. The SMILES string of the molecule is CN1CCN(c2nc3c(c(CC(N)=O)n2)CCCC3)CC1. The van der Waals surface area contributed by atoms with Crippen molar-refractivity contribution in [3.63, 3.8) is 0 Å². The number of nitrogens with zero attached hydrogens (tertiary/aromatic N) is 4. The first-order valence-corrected chi connectivity index (χ1v) is 7.74. The molecule has 1 aromatic rings. The molecule has 0 unspecified atom stereocenters. The van der Waals surface area contributed by atoms with Crippen LogP contribution in [0.3, 0.4) is 0 Å². The highest BCUT2D eigenvalue weighted by molar-refractivity contribution is 5.76. The third kappa shape index (κ3) is 3.15. The Balaban J connectivity index is 1.91. The minimum Gasteiger partial charge on any atom is -0.369 e. The first-order chi connectivity index (χ1) is 10.1. The molecule has 21 heavy (non-hydrogen) atoms. The van der Waals surface area contributed by atoms with Crippen molar-refractivity contribution in [3.05, 3.63) is 17.0 Å². The van der Waals surface area contributed by atoms with Crippen LogP contribution in [0.1, 0.15) is 29.8 Å². The van der Waals surface area contributed by atoms with Crippen molar-refractivity contribution < 1.29 is 4.79 Å². The number of amides is 1. The van der Waals surface area contributed by atoms with Crippen LogP contribution < -0.4 is 10.6 Å². The van der Waals surface area contributed by atoms with Gasteiger partial charge in [-0.05, 0) is 38.3 Å². The summed E-state index contributed by atoms with van der Waals surface area (Å²) in [5.74, 6) is 0.464. The third-order valence-corrected chi connectivity index (χ3v) is 4.38. The molecule has 0 aromatic carbocycles. The molecule has 0 saturated carbocycles. The number of carbonyl (C=O) groups excluding carboxylic acids is 1. The summed E-state index contributed by atoms with van der Waals surface area (Å²) in [5.41, 5.74) is 8.52. The molecule has 1 saturated heterocycles. The topological polar surface area (TPSA) is 75.3 Å². The molecule has 1 aliphatic carbocycles. The lowest BCUT2D eigenvalue weighted by Gasteiger charge is -2.33. The van der Waals surface area contributed by atoms with Crippen molar-refractivity contribution >= 4 is 11.9 Å². The third-order valence-electron chi connectivity index (χ3n) is 4.38. The van der Waals surface area contributed by atoms with Crippen LogP contribution in [0, 0.1) is 0 Å². The number of aromatic nitrogens is 2. The van der Waals surface area contributed by atoms with E-state index >= 15 is 0 Å². The average molecular weight is 289 g/mol. The van der Waals surface area contributed by atoms with E-state index in [1.807, 2.05) is 0 Å². The van der Waals surface area contributed by atoms with Crippen molar-refractivity contribution in [1.29, 1.82) is 0 Å². The van der Waals surface area contributed by atoms with Crippen LogP contribution >= 0.6 is 0 Å². The fourth-order valence-electron chi connectivity index (χ4n) is 3.12. The normalized spacial score (nSPS) is 19.4. The summed E-state index contributed by atoms with van der Waals surface area (Å²) in [7, 11) is 2.13. The molecule has 6 heteroatoms. The molecular formula is C15H23N5O. The standard InChI is InChI=1S/C15H23N5O/c1-19-6-8-20(9-7-19)15-17-12-5-3-2-4-11(12)13(18-15)10-14(16)21/h2-10H2,1H3,(H2,16,21). The van der Waals surface area contributed by atoms with Gasteiger partial charge in [0.25, 0.3) is 0 Å². The predicted octanol–water partition coefficient (Wildman–Crippen LogP) is 0.135. The number of rotatable bonds is 3.